The number of anilines is 9. The summed E-state index contributed by atoms with van der Waals surface area (Å²) in [5.41, 5.74) is 14.0. The minimum Gasteiger partial charge on any atom is -0.378 e. The van der Waals surface area contributed by atoms with E-state index in [2.05, 4.69) is 210 Å². The quantitative estimate of drug-likeness (QED) is 0.153. The summed E-state index contributed by atoms with van der Waals surface area (Å²) < 4.78 is 0. The highest BCUT2D eigenvalue weighted by Crippen LogP contribution is 2.43. The van der Waals surface area contributed by atoms with Gasteiger partial charge >= 0.3 is 0 Å². The van der Waals surface area contributed by atoms with Crippen molar-refractivity contribution in [3.05, 3.63) is 34.9 Å². The van der Waals surface area contributed by atoms with E-state index in [-0.39, 0.29) is 0 Å². The van der Waals surface area contributed by atoms with E-state index < -0.39 is 7.38 Å². The lowest BCUT2D eigenvalue weighted by Gasteiger charge is -2.43. The number of nitrogens with zero attached hydrogens (tertiary/aromatic N) is 9. The molecule has 0 amide bonds. The van der Waals surface area contributed by atoms with Crippen LogP contribution >= 0.6 is 11.1 Å². The molecule has 11 heteroatoms. The van der Waals surface area contributed by atoms with Crippen LogP contribution in [0.5, 0.6) is 0 Å². The zero-order valence-electron chi connectivity index (χ0n) is 35.1. The predicted octanol–water partition coefficient (Wildman–Crippen LogP) is 4.41. The van der Waals surface area contributed by atoms with Gasteiger partial charge in [0, 0.05) is 194 Å². The first-order valence-electron chi connectivity index (χ1n) is 17.2. The van der Waals surface area contributed by atoms with Crippen molar-refractivity contribution in [1.82, 2.24) is 0 Å². The van der Waals surface area contributed by atoms with E-state index in [0.29, 0.717) is 0 Å². The van der Waals surface area contributed by atoms with Crippen molar-refractivity contribution in [3.63, 3.8) is 0 Å². The molecule has 0 fully saturated rings. The van der Waals surface area contributed by atoms with Crippen molar-refractivity contribution in [2.24, 2.45) is 0 Å². The van der Waals surface area contributed by atoms with Crippen LogP contribution in [0.25, 0.3) is 0 Å². The minimum atomic E-state index is -3.62. The van der Waals surface area contributed by atoms with E-state index >= 15 is 0 Å². The zero-order valence-corrected chi connectivity index (χ0v) is 36.9. The van der Waals surface area contributed by atoms with Gasteiger partial charge in [-0.15, -0.1) is 11.1 Å². The monoisotopic (exact) mass is 723 g/mol. The first-order chi connectivity index (χ1) is 22.9. The fourth-order valence-electron chi connectivity index (χ4n) is 7.74. The Morgan fingerprint density at radius 3 is 0.640 bits per heavy atom. The van der Waals surface area contributed by atoms with E-state index in [1.165, 1.54) is 49.3 Å². The topological polar surface area (TPSA) is 29.2 Å². The van der Waals surface area contributed by atoms with Gasteiger partial charge in [-0.3, -0.25) is 0 Å². The van der Waals surface area contributed by atoms with Gasteiger partial charge in [-0.2, -0.15) is 0 Å². The van der Waals surface area contributed by atoms with Gasteiger partial charge in [-0.1, -0.05) is 0 Å². The summed E-state index contributed by atoms with van der Waals surface area (Å²) in [5.74, 6) is 0. The molecule has 0 N–H and O–H groups in total. The van der Waals surface area contributed by atoms with Crippen molar-refractivity contribution >= 4 is 85.2 Å². The van der Waals surface area contributed by atoms with E-state index in [1.807, 2.05) is 0 Å². The molecule has 0 aromatic heterocycles. The lowest BCUT2D eigenvalue weighted by molar-refractivity contribution is 1.06. The number of halogens is 1. The van der Waals surface area contributed by atoms with Crippen LogP contribution in [0.3, 0.4) is 0 Å². The van der Waals surface area contributed by atoms with Crippen LogP contribution in [-0.2, 0) is 0 Å². The third kappa shape index (κ3) is 6.85. The van der Waals surface area contributed by atoms with Crippen LogP contribution in [0.4, 0.5) is 51.2 Å². The molecule has 3 rings (SSSR count). The van der Waals surface area contributed by atoms with Crippen LogP contribution in [-0.4, -0.2) is 134 Å². The summed E-state index contributed by atoms with van der Waals surface area (Å²) in [6, 6.07) is 7.04. The number of benzene rings is 3. The second-order valence-corrected chi connectivity index (χ2v) is 20.0. The van der Waals surface area contributed by atoms with Crippen LogP contribution in [0.1, 0.15) is 16.7 Å². The maximum Gasteiger partial charge on any atom is 0.260 e. The summed E-state index contributed by atoms with van der Waals surface area (Å²) in [4.78, 5) is 20.3. The van der Waals surface area contributed by atoms with Crippen molar-refractivity contribution in [2.45, 2.75) is 20.8 Å². The molecule has 50 heavy (non-hydrogen) atoms. The Kier molecular flexibility index (Phi) is 12.2. The lowest BCUT2D eigenvalue weighted by atomic mass is 10.1. The molecule has 0 aliphatic rings. The van der Waals surface area contributed by atoms with Gasteiger partial charge < -0.3 is 44.1 Å². The average Bonchev–Trinajstić information content (AvgIpc) is 2.98. The Morgan fingerprint density at radius 2 is 0.500 bits per heavy atom. The Labute approximate surface area is 310 Å². The van der Waals surface area contributed by atoms with E-state index in [4.69, 9.17) is 11.1 Å². The second kappa shape index (κ2) is 14.9. The molecule has 0 saturated heterocycles. The van der Waals surface area contributed by atoms with Crippen molar-refractivity contribution in [2.75, 3.05) is 171 Å². The Balaban J connectivity index is 3.08. The molecule has 0 radical (unpaired) electrons. The number of rotatable bonds is 12. The SMILES string of the molecule is Cc1c(N(C)C)cc(N(C)C)c([Si](Cl)(c2c(N(C)C)cc(N(C)C)c(C)c2N(C)C)c2c(N(C)C)cc(N(C)C)c(C)c2N(C)C)c1N(C)C. The fourth-order valence-corrected chi connectivity index (χ4v) is 14.3. The summed E-state index contributed by atoms with van der Waals surface area (Å²) in [6.45, 7) is 6.75. The van der Waals surface area contributed by atoms with Gasteiger partial charge in [0.2, 0.25) is 0 Å². The fraction of sp³-hybridized carbons (Fsp3) is 0.538. The Bertz CT molecular complexity index is 1510. The average molecular weight is 725 g/mol. The van der Waals surface area contributed by atoms with Gasteiger partial charge in [0.05, 0.1) is 0 Å². The van der Waals surface area contributed by atoms with Gasteiger partial charge in [0.15, 0.2) is 0 Å². The third-order valence-electron chi connectivity index (χ3n) is 9.78. The molecular weight excluding hydrogens is 658 g/mol. The molecule has 0 atom stereocenters. The van der Waals surface area contributed by atoms with Gasteiger partial charge in [0.1, 0.15) is 0 Å². The Morgan fingerprint density at radius 1 is 0.320 bits per heavy atom. The van der Waals surface area contributed by atoms with Crippen molar-refractivity contribution in [1.29, 1.82) is 0 Å². The third-order valence-corrected chi connectivity index (χ3v) is 15.0. The first-order valence-corrected chi connectivity index (χ1v) is 20.2. The molecule has 3 aromatic rings. The normalized spacial score (nSPS) is 11.4. The number of hydrogen-bond acceptors (Lipinski definition) is 9. The molecule has 9 nitrogen and oxygen atoms in total. The maximum atomic E-state index is 9.16. The standard InChI is InChI=1S/C39H66ClN9Si/c1-25-28(41(4)5)22-31(44(10)11)37(34(25)47(16)17)50(40,38-32(45(12)13)23-29(42(6)7)26(2)35(38)48(18)19)39-33(46(14)15)24-30(43(8)9)27(3)36(39)49(20)21/h22-24H,1-21H3. The second-order valence-electron chi connectivity index (χ2n) is 15.5. The molecule has 0 saturated carbocycles. The molecule has 0 aliphatic carbocycles. The predicted molar refractivity (Wildman–Crippen MR) is 233 cm³/mol. The summed E-state index contributed by atoms with van der Waals surface area (Å²) in [5, 5.41) is 3.55. The summed E-state index contributed by atoms with van der Waals surface area (Å²) >= 11 is 9.16. The van der Waals surface area contributed by atoms with Gasteiger partial charge in [0.25, 0.3) is 7.38 Å². The summed E-state index contributed by atoms with van der Waals surface area (Å²) in [6.07, 6.45) is 0. The highest BCUT2D eigenvalue weighted by Gasteiger charge is 2.51. The molecule has 0 heterocycles. The molecule has 278 valence electrons. The van der Waals surface area contributed by atoms with E-state index in [9.17, 15) is 0 Å². The zero-order chi connectivity index (χ0) is 38.5. The van der Waals surface area contributed by atoms with Gasteiger partial charge in [-0.25, -0.2) is 0 Å². The summed E-state index contributed by atoms with van der Waals surface area (Å²) in [7, 11) is 35.0. The van der Waals surface area contributed by atoms with Crippen molar-refractivity contribution in [3.8, 4) is 0 Å². The maximum absolute atomic E-state index is 9.16. The molecule has 0 aliphatic heterocycles. The smallest absolute Gasteiger partial charge is 0.260 e. The first kappa shape index (κ1) is 40.8. The van der Waals surface area contributed by atoms with Crippen LogP contribution in [0, 0.1) is 20.8 Å². The molecule has 0 spiro atoms. The van der Waals surface area contributed by atoms with E-state index in [0.717, 1.165) is 34.1 Å². The molecule has 0 unspecified atom stereocenters. The molecule has 0 bridgehead atoms. The van der Waals surface area contributed by atoms with E-state index in [1.54, 1.807) is 0 Å². The Hall–Kier alpha value is -3.63. The minimum absolute atomic E-state index is 1.12. The van der Waals surface area contributed by atoms with Crippen LogP contribution in [0.2, 0.25) is 0 Å². The number of hydrogen-bond donors (Lipinski definition) is 0. The van der Waals surface area contributed by atoms with Crippen molar-refractivity contribution < 1.29 is 0 Å². The van der Waals surface area contributed by atoms with Crippen LogP contribution in [0.15, 0.2) is 18.2 Å². The highest BCUT2D eigenvalue weighted by molar-refractivity contribution is 7.42. The molecular formula is C39H66ClN9Si. The largest absolute Gasteiger partial charge is 0.378 e. The van der Waals surface area contributed by atoms with Gasteiger partial charge in [-0.05, 0) is 55.7 Å². The molecule has 3 aromatic carbocycles. The highest BCUT2D eigenvalue weighted by atomic mass is 35.6. The van der Waals surface area contributed by atoms with Crippen LogP contribution < -0.4 is 59.7 Å². The lowest BCUT2D eigenvalue weighted by Crippen LogP contribution is -2.67.